The lowest BCUT2D eigenvalue weighted by Crippen LogP contribution is -2.29. The van der Waals surface area contributed by atoms with Gasteiger partial charge in [0.05, 0.1) is 21.5 Å². The van der Waals surface area contributed by atoms with Crippen LogP contribution in [0.5, 0.6) is 0 Å². The number of aliphatic hydroxyl groups excluding tert-OH is 1. The second-order valence-corrected chi connectivity index (χ2v) is 10.2. The van der Waals surface area contributed by atoms with Crippen LogP contribution in [0.3, 0.4) is 0 Å². The van der Waals surface area contributed by atoms with Crippen LogP contribution in [0.25, 0.3) is 21.6 Å². The van der Waals surface area contributed by atoms with E-state index < -0.39 is 29.3 Å². The van der Waals surface area contributed by atoms with Gasteiger partial charge in [-0.2, -0.15) is 0 Å². The van der Waals surface area contributed by atoms with Gasteiger partial charge in [0.25, 0.3) is 5.78 Å². The van der Waals surface area contributed by atoms with Crippen LogP contribution in [0, 0.1) is 19.7 Å². The van der Waals surface area contributed by atoms with Crippen molar-refractivity contribution in [2.75, 3.05) is 4.90 Å². The molecule has 37 heavy (non-hydrogen) atoms. The predicted molar refractivity (Wildman–Crippen MR) is 140 cm³/mol. The number of anilines is 1. The standard InChI is InChI=1S/C27H18ClFN4O3S/c1-13-6-5-11-32-14(2)21(31-25(13)32)23(34)20-22(16-7-3-4-8-17(16)29)33(26(36)24(20)35)27-30-18-10-9-15(28)12-19(18)37-27/h3-12,22,34H,1-2H3. The van der Waals surface area contributed by atoms with Gasteiger partial charge in [-0.1, -0.05) is 47.2 Å². The van der Waals surface area contributed by atoms with Crippen molar-refractivity contribution in [3.05, 3.63) is 99.7 Å². The number of thiazole rings is 1. The number of hydrogen-bond acceptors (Lipinski definition) is 6. The molecular formula is C27H18ClFN4O3S. The Kier molecular flexibility index (Phi) is 5.36. The predicted octanol–water partition coefficient (Wildman–Crippen LogP) is 5.98. The summed E-state index contributed by atoms with van der Waals surface area (Å²) >= 11 is 7.27. The van der Waals surface area contributed by atoms with Crippen LogP contribution in [0.1, 0.15) is 28.6 Å². The normalized spacial score (nSPS) is 17.4. The van der Waals surface area contributed by atoms with Gasteiger partial charge in [-0.05, 0) is 49.7 Å². The summed E-state index contributed by atoms with van der Waals surface area (Å²) < 4.78 is 17.7. The number of imidazole rings is 1. The highest BCUT2D eigenvalue weighted by Crippen LogP contribution is 2.45. The summed E-state index contributed by atoms with van der Waals surface area (Å²) in [6, 6.07) is 13.4. The molecule has 1 aliphatic heterocycles. The van der Waals surface area contributed by atoms with E-state index in [4.69, 9.17) is 11.6 Å². The first-order valence-electron chi connectivity index (χ1n) is 11.3. The first-order valence-corrected chi connectivity index (χ1v) is 12.5. The van der Waals surface area contributed by atoms with E-state index in [0.29, 0.717) is 26.6 Å². The molecule has 1 N–H and O–H groups in total. The molecule has 184 valence electrons. The Hall–Kier alpha value is -4.08. The van der Waals surface area contributed by atoms with Crippen LogP contribution in [0.4, 0.5) is 9.52 Å². The summed E-state index contributed by atoms with van der Waals surface area (Å²) in [6.45, 7) is 3.63. The number of aliphatic hydroxyl groups is 1. The van der Waals surface area contributed by atoms with Gasteiger partial charge in [0.1, 0.15) is 23.2 Å². The van der Waals surface area contributed by atoms with E-state index in [2.05, 4.69) is 9.97 Å². The molecule has 1 aliphatic rings. The third-order valence-corrected chi connectivity index (χ3v) is 7.75. The molecule has 2 aromatic carbocycles. The molecule has 7 nitrogen and oxygen atoms in total. The first-order chi connectivity index (χ1) is 17.8. The van der Waals surface area contributed by atoms with Crippen molar-refractivity contribution in [3.63, 3.8) is 0 Å². The molecule has 6 rings (SSSR count). The highest BCUT2D eigenvalue weighted by atomic mass is 35.5. The Morgan fingerprint density at radius 1 is 1.08 bits per heavy atom. The molecule has 4 heterocycles. The number of carbonyl (C=O) groups is 2. The van der Waals surface area contributed by atoms with Crippen LogP contribution < -0.4 is 4.90 Å². The molecule has 0 aliphatic carbocycles. The highest BCUT2D eigenvalue weighted by molar-refractivity contribution is 7.22. The average Bonchev–Trinajstić information content (AvgIpc) is 3.52. The molecule has 5 aromatic rings. The number of Topliss-reactive ketones (excluding diaryl/α,β-unsaturated/α-hetero) is 1. The molecule has 1 amide bonds. The first kappa shape index (κ1) is 23.3. The smallest absolute Gasteiger partial charge is 0.301 e. The Labute approximate surface area is 219 Å². The molecule has 0 radical (unpaired) electrons. The van der Waals surface area contributed by atoms with Gasteiger partial charge in [-0.3, -0.25) is 14.5 Å². The minimum absolute atomic E-state index is 0.0538. The number of nitrogens with zero attached hydrogens (tertiary/aromatic N) is 4. The summed E-state index contributed by atoms with van der Waals surface area (Å²) in [5.41, 5.74) is 2.55. The summed E-state index contributed by atoms with van der Waals surface area (Å²) in [5.74, 6) is -2.97. The van der Waals surface area contributed by atoms with Crippen LogP contribution in [0.15, 0.2) is 66.4 Å². The Balaban J connectivity index is 1.62. The van der Waals surface area contributed by atoms with Crippen molar-refractivity contribution < 1.29 is 19.1 Å². The third kappa shape index (κ3) is 3.53. The zero-order valence-electron chi connectivity index (χ0n) is 19.6. The van der Waals surface area contributed by atoms with Crippen molar-refractivity contribution in [2.45, 2.75) is 19.9 Å². The van der Waals surface area contributed by atoms with E-state index in [-0.39, 0.29) is 22.0 Å². The Bertz CT molecular complexity index is 1810. The lowest BCUT2D eigenvalue weighted by molar-refractivity contribution is -0.132. The van der Waals surface area contributed by atoms with Crippen LogP contribution in [-0.2, 0) is 9.59 Å². The maximum Gasteiger partial charge on any atom is 0.301 e. The number of hydrogen-bond donors (Lipinski definition) is 1. The monoisotopic (exact) mass is 532 g/mol. The number of amides is 1. The van der Waals surface area contributed by atoms with Crippen LogP contribution >= 0.6 is 22.9 Å². The fourth-order valence-electron chi connectivity index (χ4n) is 4.68. The number of fused-ring (bicyclic) bond motifs is 2. The number of ketones is 1. The molecule has 1 atom stereocenters. The van der Waals surface area contributed by atoms with E-state index in [0.717, 1.165) is 21.8 Å². The molecule has 1 saturated heterocycles. The number of halogens is 2. The fraction of sp³-hybridized carbons (Fsp3) is 0.111. The van der Waals surface area contributed by atoms with Crippen molar-refractivity contribution in [1.82, 2.24) is 14.4 Å². The zero-order valence-corrected chi connectivity index (χ0v) is 21.1. The maximum absolute atomic E-state index is 15.2. The van der Waals surface area contributed by atoms with Gasteiger partial charge >= 0.3 is 5.91 Å². The second-order valence-electron chi connectivity index (χ2n) is 8.73. The van der Waals surface area contributed by atoms with Gasteiger partial charge in [0.2, 0.25) is 0 Å². The number of aromatic nitrogens is 3. The summed E-state index contributed by atoms with van der Waals surface area (Å²) in [5, 5.41) is 12.2. The summed E-state index contributed by atoms with van der Waals surface area (Å²) in [6.07, 6.45) is 1.79. The zero-order chi connectivity index (χ0) is 26.0. The minimum atomic E-state index is -1.25. The molecular weight excluding hydrogens is 515 g/mol. The minimum Gasteiger partial charge on any atom is -0.505 e. The van der Waals surface area contributed by atoms with E-state index in [1.165, 1.54) is 18.2 Å². The maximum atomic E-state index is 15.2. The molecule has 0 saturated carbocycles. The molecule has 1 unspecified atom stereocenters. The van der Waals surface area contributed by atoms with Gasteiger partial charge < -0.3 is 9.51 Å². The number of aryl methyl sites for hydroxylation is 2. The van der Waals surface area contributed by atoms with Crippen molar-refractivity contribution >= 4 is 61.4 Å². The molecule has 0 bridgehead atoms. The number of benzene rings is 2. The Morgan fingerprint density at radius 3 is 2.62 bits per heavy atom. The number of rotatable bonds is 3. The lowest BCUT2D eigenvalue weighted by atomic mass is 9.96. The largest absolute Gasteiger partial charge is 0.505 e. The summed E-state index contributed by atoms with van der Waals surface area (Å²) in [4.78, 5) is 37.1. The van der Waals surface area contributed by atoms with Gasteiger partial charge in [0.15, 0.2) is 10.9 Å². The van der Waals surface area contributed by atoms with E-state index >= 15 is 4.39 Å². The van der Waals surface area contributed by atoms with Crippen molar-refractivity contribution in [1.29, 1.82) is 0 Å². The number of pyridine rings is 1. The van der Waals surface area contributed by atoms with Gasteiger partial charge in [-0.15, -0.1) is 0 Å². The average molecular weight is 533 g/mol. The third-order valence-electron chi connectivity index (χ3n) is 6.50. The molecule has 1 fully saturated rings. The molecule has 3 aromatic heterocycles. The summed E-state index contributed by atoms with van der Waals surface area (Å²) in [7, 11) is 0. The number of carbonyl (C=O) groups excluding carboxylic acids is 2. The van der Waals surface area contributed by atoms with Crippen molar-refractivity contribution in [2.24, 2.45) is 0 Å². The quantitative estimate of drug-likeness (QED) is 0.175. The highest BCUT2D eigenvalue weighted by Gasteiger charge is 2.49. The van der Waals surface area contributed by atoms with E-state index in [1.807, 2.05) is 19.1 Å². The fourth-order valence-corrected chi connectivity index (χ4v) is 5.95. The second kappa shape index (κ2) is 8.50. The van der Waals surface area contributed by atoms with Gasteiger partial charge in [0, 0.05) is 16.8 Å². The Morgan fingerprint density at radius 2 is 1.86 bits per heavy atom. The van der Waals surface area contributed by atoms with Crippen LogP contribution in [-0.4, -0.2) is 31.2 Å². The molecule has 10 heteroatoms. The lowest BCUT2D eigenvalue weighted by Gasteiger charge is -2.23. The van der Waals surface area contributed by atoms with E-state index in [9.17, 15) is 14.7 Å². The van der Waals surface area contributed by atoms with Gasteiger partial charge in [-0.25, -0.2) is 14.4 Å². The SMILES string of the molecule is Cc1cccn2c(C)c(C(O)=C3C(=O)C(=O)N(c4nc5ccc(Cl)cc5s4)C3c3ccccc3F)nc12. The van der Waals surface area contributed by atoms with Crippen LogP contribution in [0.2, 0.25) is 5.02 Å². The van der Waals surface area contributed by atoms with Crippen molar-refractivity contribution in [3.8, 4) is 0 Å². The van der Waals surface area contributed by atoms with E-state index in [1.54, 1.807) is 41.8 Å². The topological polar surface area (TPSA) is 87.8 Å². The molecule has 0 spiro atoms.